The Hall–Kier alpha value is -2.96. The SMILES string of the molecule is Cc1cc(C(=O)NCc2ccc(CN3CCOCC3)cc2)c(C)n1-c1ccc(F)cc1. The third-order valence-electron chi connectivity index (χ3n) is 5.75. The summed E-state index contributed by atoms with van der Waals surface area (Å²) in [6.07, 6.45) is 0. The van der Waals surface area contributed by atoms with Gasteiger partial charge in [-0.05, 0) is 55.3 Å². The summed E-state index contributed by atoms with van der Waals surface area (Å²) < 4.78 is 20.6. The summed E-state index contributed by atoms with van der Waals surface area (Å²) in [7, 11) is 0. The first-order valence-electron chi connectivity index (χ1n) is 10.6. The molecule has 2 heterocycles. The Kier molecular flexibility index (Phi) is 6.49. The van der Waals surface area contributed by atoms with E-state index in [1.165, 1.54) is 17.7 Å². The van der Waals surface area contributed by atoms with Crippen LogP contribution in [0, 0.1) is 19.7 Å². The molecule has 0 saturated carbocycles. The molecule has 1 fully saturated rings. The van der Waals surface area contributed by atoms with Crippen LogP contribution < -0.4 is 5.32 Å². The highest BCUT2D eigenvalue weighted by Crippen LogP contribution is 2.21. The van der Waals surface area contributed by atoms with Gasteiger partial charge in [0.15, 0.2) is 0 Å². The molecule has 1 amide bonds. The van der Waals surface area contributed by atoms with Crippen LogP contribution in [0.1, 0.15) is 32.9 Å². The van der Waals surface area contributed by atoms with Crippen LogP contribution >= 0.6 is 0 Å². The molecular weight excluding hydrogens is 393 g/mol. The van der Waals surface area contributed by atoms with Crippen molar-refractivity contribution in [3.05, 3.63) is 88.5 Å². The minimum Gasteiger partial charge on any atom is -0.379 e. The third-order valence-corrected chi connectivity index (χ3v) is 5.75. The highest BCUT2D eigenvalue weighted by Gasteiger charge is 2.17. The highest BCUT2D eigenvalue weighted by atomic mass is 19.1. The van der Waals surface area contributed by atoms with E-state index in [0.717, 1.165) is 55.5 Å². The van der Waals surface area contributed by atoms with E-state index in [4.69, 9.17) is 4.74 Å². The molecule has 0 spiro atoms. The zero-order valence-corrected chi connectivity index (χ0v) is 18.0. The number of carbonyl (C=O) groups excluding carboxylic acids is 1. The van der Waals surface area contributed by atoms with Crippen molar-refractivity contribution in [1.82, 2.24) is 14.8 Å². The van der Waals surface area contributed by atoms with Crippen LogP contribution in [0.5, 0.6) is 0 Å². The van der Waals surface area contributed by atoms with E-state index in [-0.39, 0.29) is 11.7 Å². The fourth-order valence-corrected chi connectivity index (χ4v) is 4.04. The Bertz CT molecular complexity index is 1040. The fraction of sp³-hybridized carbons (Fsp3) is 0.320. The maximum Gasteiger partial charge on any atom is 0.253 e. The minimum atomic E-state index is -0.278. The molecule has 5 nitrogen and oxygen atoms in total. The third kappa shape index (κ3) is 5.03. The maximum absolute atomic E-state index is 13.3. The van der Waals surface area contributed by atoms with Crippen molar-refractivity contribution in [1.29, 1.82) is 0 Å². The normalized spacial score (nSPS) is 14.5. The number of halogens is 1. The Morgan fingerprint density at radius 1 is 1.00 bits per heavy atom. The lowest BCUT2D eigenvalue weighted by Crippen LogP contribution is -2.35. The average molecular weight is 422 g/mol. The molecule has 31 heavy (non-hydrogen) atoms. The predicted octanol–water partition coefficient (Wildman–Crippen LogP) is 4.00. The van der Waals surface area contributed by atoms with Crippen molar-refractivity contribution in [2.75, 3.05) is 26.3 Å². The van der Waals surface area contributed by atoms with Gasteiger partial charge in [-0.1, -0.05) is 24.3 Å². The Balaban J connectivity index is 1.38. The van der Waals surface area contributed by atoms with E-state index in [0.29, 0.717) is 12.1 Å². The predicted molar refractivity (Wildman–Crippen MR) is 119 cm³/mol. The number of nitrogens with one attached hydrogen (secondary N) is 1. The Morgan fingerprint density at radius 2 is 1.65 bits per heavy atom. The number of rotatable bonds is 6. The average Bonchev–Trinajstić information content (AvgIpc) is 3.08. The smallest absolute Gasteiger partial charge is 0.253 e. The zero-order valence-electron chi connectivity index (χ0n) is 18.0. The Morgan fingerprint density at radius 3 is 2.32 bits per heavy atom. The molecular formula is C25H28FN3O2. The standard InChI is InChI=1S/C25H28FN3O2/c1-18-15-24(19(2)29(18)23-9-7-22(26)8-10-23)25(30)27-16-20-3-5-21(6-4-20)17-28-11-13-31-14-12-28/h3-10,15H,11-14,16-17H2,1-2H3,(H,27,30). The molecule has 162 valence electrons. The molecule has 4 rings (SSSR count). The molecule has 2 aromatic carbocycles. The molecule has 0 bridgehead atoms. The van der Waals surface area contributed by atoms with E-state index in [9.17, 15) is 9.18 Å². The molecule has 6 heteroatoms. The van der Waals surface area contributed by atoms with E-state index < -0.39 is 0 Å². The molecule has 0 aliphatic carbocycles. The molecule has 1 aliphatic rings. The maximum atomic E-state index is 13.3. The summed E-state index contributed by atoms with van der Waals surface area (Å²) in [6, 6.07) is 16.5. The van der Waals surface area contributed by atoms with Crippen LogP contribution in [0.4, 0.5) is 4.39 Å². The molecule has 3 aromatic rings. The number of hydrogen-bond donors (Lipinski definition) is 1. The molecule has 1 aliphatic heterocycles. The topological polar surface area (TPSA) is 46.5 Å². The summed E-state index contributed by atoms with van der Waals surface area (Å²) in [4.78, 5) is 15.2. The van der Waals surface area contributed by atoms with E-state index in [1.807, 2.05) is 24.5 Å². The first kappa shape index (κ1) is 21.3. The van der Waals surface area contributed by atoms with Crippen molar-refractivity contribution < 1.29 is 13.9 Å². The van der Waals surface area contributed by atoms with Gasteiger partial charge >= 0.3 is 0 Å². The second kappa shape index (κ2) is 9.45. The number of amides is 1. The minimum absolute atomic E-state index is 0.112. The monoisotopic (exact) mass is 421 g/mol. The van der Waals surface area contributed by atoms with E-state index >= 15 is 0 Å². The molecule has 1 aromatic heterocycles. The lowest BCUT2D eigenvalue weighted by molar-refractivity contribution is 0.0342. The van der Waals surface area contributed by atoms with Crippen molar-refractivity contribution >= 4 is 5.91 Å². The number of benzene rings is 2. The zero-order chi connectivity index (χ0) is 21.8. The van der Waals surface area contributed by atoms with Gasteiger partial charge < -0.3 is 14.6 Å². The molecule has 1 saturated heterocycles. The van der Waals surface area contributed by atoms with Gasteiger partial charge in [0.25, 0.3) is 5.91 Å². The first-order chi connectivity index (χ1) is 15.0. The number of aryl methyl sites for hydroxylation is 1. The quantitative estimate of drug-likeness (QED) is 0.655. The number of morpholine rings is 1. The summed E-state index contributed by atoms with van der Waals surface area (Å²) in [6.45, 7) is 8.77. The lowest BCUT2D eigenvalue weighted by Gasteiger charge is -2.26. The number of nitrogens with zero attached hydrogens (tertiary/aromatic N) is 2. The summed E-state index contributed by atoms with van der Waals surface area (Å²) in [5.74, 6) is -0.390. The van der Waals surface area contributed by atoms with Crippen LogP contribution in [0.2, 0.25) is 0 Å². The van der Waals surface area contributed by atoms with E-state index in [2.05, 4.69) is 34.5 Å². The van der Waals surface area contributed by atoms with Crippen molar-refractivity contribution in [2.45, 2.75) is 26.9 Å². The van der Waals surface area contributed by atoms with Gasteiger partial charge in [-0.2, -0.15) is 0 Å². The van der Waals surface area contributed by atoms with Crippen LogP contribution in [-0.2, 0) is 17.8 Å². The Labute approximate surface area is 182 Å². The van der Waals surface area contributed by atoms with Gasteiger partial charge in [0, 0.05) is 43.3 Å². The van der Waals surface area contributed by atoms with Gasteiger partial charge in [0.2, 0.25) is 0 Å². The highest BCUT2D eigenvalue weighted by molar-refractivity contribution is 5.95. The molecule has 1 N–H and O–H groups in total. The van der Waals surface area contributed by atoms with Crippen LogP contribution in [0.25, 0.3) is 5.69 Å². The van der Waals surface area contributed by atoms with Crippen LogP contribution in [0.3, 0.4) is 0 Å². The van der Waals surface area contributed by atoms with Crippen molar-refractivity contribution in [2.24, 2.45) is 0 Å². The summed E-state index contributed by atoms with van der Waals surface area (Å²) in [5.41, 5.74) is 5.56. The van der Waals surface area contributed by atoms with Crippen LogP contribution in [0.15, 0.2) is 54.6 Å². The number of hydrogen-bond acceptors (Lipinski definition) is 3. The first-order valence-corrected chi connectivity index (χ1v) is 10.6. The lowest BCUT2D eigenvalue weighted by atomic mass is 10.1. The van der Waals surface area contributed by atoms with Crippen molar-refractivity contribution in [3.8, 4) is 5.69 Å². The number of ether oxygens (including phenoxy) is 1. The van der Waals surface area contributed by atoms with Gasteiger partial charge in [-0.25, -0.2) is 4.39 Å². The summed E-state index contributed by atoms with van der Waals surface area (Å²) in [5, 5.41) is 3.02. The molecule has 0 unspecified atom stereocenters. The van der Waals surface area contributed by atoms with Gasteiger partial charge in [-0.15, -0.1) is 0 Å². The molecule has 0 radical (unpaired) electrons. The van der Waals surface area contributed by atoms with Gasteiger partial charge in [-0.3, -0.25) is 9.69 Å². The van der Waals surface area contributed by atoms with Crippen LogP contribution in [-0.4, -0.2) is 41.7 Å². The van der Waals surface area contributed by atoms with Gasteiger partial charge in [0.05, 0.1) is 18.8 Å². The molecule has 0 atom stereocenters. The number of carbonyl (C=O) groups is 1. The van der Waals surface area contributed by atoms with E-state index in [1.54, 1.807) is 12.1 Å². The fourth-order valence-electron chi connectivity index (χ4n) is 4.04. The number of aromatic nitrogens is 1. The second-order valence-electron chi connectivity index (χ2n) is 7.98. The largest absolute Gasteiger partial charge is 0.379 e. The van der Waals surface area contributed by atoms with Crippen molar-refractivity contribution in [3.63, 3.8) is 0 Å². The summed E-state index contributed by atoms with van der Waals surface area (Å²) >= 11 is 0. The second-order valence-corrected chi connectivity index (χ2v) is 7.98. The van der Waals surface area contributed by atoms with Gasteiger partial charge in [0.1, 0.15) is 5.82 Å².